The lowest BCUT2D eigenvalue weighted by molar-refractivity contribution is -0.385. The Hall–Kier alpha value is -2.57. The van der Waals surface area contributed by atoms with Gasteiger partial charge in [-0.1, -0.05) is 0 Å². The van der Waals surface area contributed by atoms with Crippen molar-refractivity contribution in [3.8, 4) is 5.75 Å². The summed E-state index contributed by atoms with van der Waals surface area (Å²) in [5, 5.41) is 14.6. The molecule has 1 aromatic heterocycles. The summed E-state index contributed by atoms with van der Waals surface area (Å²) in [6.07, 6.45) is 4.68. The van der Waals surface area contributed by atoms with Gasteiger partial charge in [0.25, 0.3) is 0 Å². The average molecular weight is 302 g/mol. The molecule has 0 amide bonds. The first-order chi connectivity index (χ1) is 10.7. The molecule has 1 aromatic carbocycles. The van der Waals surface area contributed by atoms with E-state index in [0.717, 1.165) is 31.7 Å². The van der Waals surface area contributed by atoms with E-state index in [1.54, 1.807) is 11.8 Å². The zero-order valence-corrected chi connectivity index (χ0v) is 12.4. The smallest absolute Gasteiger partial charge is 0.306 e. The van der Waals surface area contributed by atoms with Crippen LogP contribution in [0.5, 0.6) is 5.75 Å². The third-order valence-corrected chi connectivity index (χ3v) is 3.92. The van der Waals surface area contributed by atoms with Crippen LogP contribution in [0.1, 0.15) is 12.0 Å². The molecular weight excluding hydrogens is 284 g/mol. The Morgan fingerprint density at radius 1 is 1.41 bits per heavy atom. The maximum Gasteiger partial charge on any atom is 0.306 e. The van der Waals surface area contributed by atoms with Crippen LogP contribution in [0.2, 0.25) is 0 Å². The van der Waals surface area contributed by atoms with Gasteiger partial charge in [0.2, 0.25) is 0 Å². The first-order valence-corrected chi connectivity index (χ1v) is 7.26. The lowest BCUT2D eigenvalue weighted by Crippen LogP contribution is -2.22. The van der Waals surface area contributed by atoms with Crippen molar-refractivity contribution in [2.24, 2.45) is 0 Å². The summed E-state index contributed by atoms with van der Waals surface area (Å²) < 4.78 is 6.88. The summed E-state index contributed by atoms with van der Waals surface area (Å²) in [4.78, 5) is 12.5. The number of hydrogen-bond donors (Lipinski definition) is 0. The molecule has 0 unspecified atom stereocenters. The van der Waals surface area contributed by atoms with Crippen LogP contribution < -0.4 is 9.64 Å². The monoisotopic (exact) mass is 302 g/mol. The zero-order valence-electron chi connectivity index (χ0n) is 12.4. The highest BCUT2D eigenvalue weighted by atomic mass is 16.6. The normalized spacial score (nSPS) is 13.2. The molecule has 0 saturated carbocycles. The molecule has 2 aromatic rings. The molecule has 0 saturated heterocycles. The number of hydrogen-bond acceptors (Lipinski definition) is 5. The van der Waals surface area contributed by atoms with Crippen LogP contribution in [0.15, 0.2) is 30.6 Å². The lowest BCUT2D eigenvalue weighted by atomic mass is 10.1. The molecule has 3 rings (SSSR count). The second kappa shape index (κ2) is 6.05. The maximum atomic E-state index is 10.6. The van der Waals surface area contributed by atoms with Gasteiger partial charge in [-0.15, -0.1) is 0 Å². The van der Waals surface area contributed by atoms with E-state index < -0.39 is 4.92 Å². The van der Waals surface area contributed by atoms with Gasteiger partial charge in [0, 0.05) is 25.3 Å². The van der Waals surface area contributed by atoms with Crippen molar-refractivity contribution in [2.75, 3.05) is 25.1 Å². The Kier molecular flexibility index (Phi) is 3.95. The van der Waals surface area contributed by atoms with Gasteiger partial charge in [-0.2, -0.15) is 5.10 Å². The Balaban J connectivity index is 1.56. The highest BCUT2D eigenvalue weighted by Gasteiger charge is 2.19. The van der Waals surface area contributed by atoms with Gasteiger partial charge in [0.1, 0.15) is 18.1 Å². The Morgan fingerprint density at radius 3 is 3.00 bits per heavy atom. The van der Waals surface area contributed by atoms with Crippen molar-refractivity contribution < 1.29 is 9.66 Å². The van der Waals surface area contributed by atoms with Gasteiger partial charge in [-0.25, -0.2) is 0 Å². The molecule has 0 atom stereocenters. The van der Waals surface area contributed by atoms with E-state index in [4.69, 9.17) is 4.74 Å². The molecule has 0 N–H and O–H groups in total. The summed E-state index contributed by atoms with van der Waals surface area (Å²) in [6.45, 7) is 2.59. The number of nitrogens with zero attached hydrogens (tertiary/aromatic N) is 4. The third-order valence-electron chi connectivity index (χ3n) is 3.92. The average Bonchev–Trinajstić information content (AvgIpc) is 3.14. The second-order valence-electron chi connectivity index (χ2n) is 5.30. The minimum Gasteiger partial charge on any atom is -0.497 e. The van der Waals surface area contributed by atoms with E-state index >= 15 is 0 Å². The SMILES string of the molecule is COc1ccc2c(c1)CCN2CCCn1cc([N+](=O)[O-])cn1. The number of ether oxygens (including phenoxy) is 1. The maximum absolute atomic E-state index is 10.6. The predicted molar refractivity (Wildman–Crippen MR) is 82.4 cm³/mol. The summed E-state index contributed by atoms with van der Waals surface area (Å²) in [7, 11) is 1.68. The zero-order chi connectivity index (χ0) is 15.5. The van der Waals surface area contributed by atoms with Crippen molar-refractivity contribution >= 4 is 11.4 Å². The number of fused-ring (bicyclic) bond motifs is 1. The molecule has 0 bridgehead atoms. The van der Waals surface area contributed by atoms with Gasteiger partial charge < -0.3 is 9.64 Å². The van der Waals surface area contributed by atoms with Gasteiger partial charge >= 0.3 is 5.69 Å². The minimum absolute atomic E-state index is 0.0404. The summed E-state index contributed by atoms with van der Waals surface area (Å²) in [5.41, 5.74) is 2.61. The van der Waals surface area contributed by atoms with Crippen molar-refractivity contribution in [3.05, 3.63) is 46.3 Å². The Bertz CT molecular complexity index is 683. The Morgan fingerprint density at radius 2 is 2.27 bits per heavy atom. The van der Waals surface area contributed by atoms with Crippen molar-refractivity contribution in [2.45, 2.75) is 19.4 Å². The molecule has 1 aliphatic rings. The number of aryl methyl sites for hydroxylation is 1. The highest BCUT2D eigenvalue weighted by Crippen LogP contribution is 2.31. The minimum atomic E-state index is -0.423. The number of benzene rings is 1. The predicted octanol–water partition coefficient (Wildman–Crippen LogP) is 2.25. The molecule has 1 aliphatic heterocycles. The summed E-state index contributed by atoms with van der Waals surface area (Å²) >= 11 is 0. The number of rotatable bonds is 6. The first-order valence-electron chi connectivity index (χ1n) is 7.26. The lowest BCUT2D eigenvalue weighted by Gasteiger charge is -2.19. The van der Waals surface area contributed by atoms with Gasteiger partial charge in [-0.3, -0.25) is 14.8 Å². The van der Waals surface area contributed by atoms with Crippen LogP contribution in [-0.4, -0.2) is 34.9 Å². The van der Waals surface area contributed by atoms with E-state index in [0.29, 0.717) is 6.54 Å². The van der Waals surface area contributed by atoms with E-state index in [-0.39, 0.29) is 5.69 Å². The first kappa shape index (κ1) is 14.4. The van der Waals surface area contributed by atoms with Crippen LogP contribution in [0.4, 0.5) is 11.4 Å². The molecule has 7 nitrogen and oxygen atoms in total. The summed E-state index contributed by atoms with van der Waals surface area (Å²) in [6, 6.07) is 6.17. The van der Waals surface area contributed by atoms with Gasteiger partial charge in [0.15, 0.2) is 0 Å². The van der Waals surface area contributed by atoms with E-state index in [9.17, 15) is 10.1 Å². The molecule has 0 radical (unpaired) electrons. The molecule has 7 heteroatoms. The van der Waals surface area contributed by atoms with E-state index in [1.165, 1.54) is 23.6 Å². The molecule has 2 heterocycles. The van der Waals surface area contributed by atoms with E-state index in [2.05, 4.69) is 22.1 Å². The van der Waals surface area contributed by atoms with Gasteiger partial charge in [-0.05, 0) is 36.6 Å². The van der Waals surface area contributed by atoms with Gasteiger partial charge in [0.05, 0.1) is 12.0 Å². The fraction of sp³-hybridized carbons (Fsp3) is 0.400. The number of nitro groups is 1. The summed E-state index contributed by atoms with van der Waals surface area (Å²) in [5.74, 6) is 0.893. The number of aromatic nitrogens is 2. The fourth-order valence-electron chi connectivity index (χ4n) is 2.80. The second-order valence-corrected chi connectivity index (χ2v) is 5.30. The van der Waals surface area contributed by atoms with Crippen molar-refractivity contribution in [1.82, 2.24) is 9.78 Å². The fourth-order valence-corrected chi connectivity index (χ4v) is 2.80. The Labute approximate surface area is 128 Å². The molecule has 0 spiro atoms. The highest BCUT2D eigenvalue weighted by molar-refractivity contribution is 5.60. The van der Waals surface area contributed by atoms with Crippen LogP contribution in [-0.2, 0) is 13.0 Å². The molecule has 0 aliphatic carbocycles. The molecule has 22 heavy (non-hydrogen) atoms. The third kappa shape index (κ3) is 2.88. The van der Waals surface area contributed by atoms with Crippen molar-refractivity contribution in [1.29, 1.82) is 0 Å². The quantitative estimate of drug-likeness (QED) is 0.604. The number of anilines is 1. The largest absolute Gasteiger partial charge is 0.497 e. The molecular formula is C15H18N4O3. The standard InChI is InChI=1S/C15H18N4O3/c1-22-14-3-4-15-12(9-14)5-8-17(15)6-2-7-18-11-13(10-16-18)19(20)21/h3-4,9-11H,2,5-8H2,1H3. The van der Waals surface area contributed by atoms with Crippen LogP contribution in [0.3, 0.4) is 0 Å². The molecule has 0 fully saturated rings. The number of methoxy groups -OCH3 is 1. The van der Waals surface area contributed by atoms with Crippen molar-refractivity contribution in [3.63, 3.8) is 0 Å². The topological polar surface area (TPSA) is 73.4 Å². The van der Waals surface area contributed by atoms with E-state index in [1.807, 2.05) is 6.07 Å². The van der Waals surface area contributed by atoms with Crippen LogP contribution in [0, 0.1) is 10.1 Å². The molecule has 116 valence electrons. The van der Waals surface area contributed by atoms with Crippen LogP contribution in [0.25, 0.3) is 0 Å². The van der Waals surface area contributed by atoms with Crippen LogP contribution >= 0.6 is 0 Å².